The van der Waals surface area contributed by atoms with Crippen LogP contribution in [0.1, 0.15) is 18.4 Å². The summed E-state index contributed by atoms with van der Waals surface area (Å²) in [6, 6.07) is 22.4. The highest BCUT2D eigenvalue weighted by atomic mass is 79.9. The first kappa shape index (κ1) is 19.5. The summed E-state index contributed by atoms with van der Waals surface area (Å²) in [5, 5.41) is 19.7. The molecule has 1 saturated heterocycles. The number of aromatic nitrogens is 4. The third kappa shape index (κ3) is 3.29. The van der Waals surface area contributed by atoms with Crippen molar-refractivity contribution in [1.29, 1.82) is 0 Å². The van der Waals surface area contributed by atoms with Crippen molar-refractivity contribution in [3.63, 3.8) is 0 Å². The zero-order valence-corrected chi connectivity index (χ0v) is 18.9. The predicted octanol–water partition coefficient (Wildman–Crippen LogP) is 5.36. The second kappa shape index (κ2) is 7.46. The van der Waals surface area contributed by atoms with Gasteiger partial charge in [0.05, 0.1) is 22.2 Å². The Morgan fingerprint density at radius 3 is 2.56 bits per heavy atom. The van der Waals surface area contributed by atoms with E-state index in [4.69, 9.17) is 4.98 Å². The number of nitrogens with zero attached hydrogens (tertiary/aromatic N) is 3. The van der Waals surface area contributed by atoms with Crippen molar-refractivity contribution < 1.29 is 5.11 Å². The Morgan fingerprint density at radius 2 is 1.75 bits per heavy atom. The molecule has 0 atom stereocenters. The van der Waals surface area contributed by atoms with Crippen molar-refractivity contribution in [3.05, 3.63) is 76.8 Å². The molecule has 0 saturated carbocycles. The van der Waals surface area contributed by atoms with Crippen molar-refractivity contribution in [2.24, 2.45) is 0 Å². The Labute approximate surface area is 193 Å². The number of fused-ring (bicyclic) bond motifs is 2. The first-order valence-electron chi connectivity index (χ1n) is 10.8. The maximum atomic E-state index is 11.1. The van der Waals surface area contributed by atoms with Gasteiger partial charge >= 0.3 is 0 Å². The molecule has 0 radical (unpaired) electrons. The maximum absolute atomic E-state index is 11.1. The first-order valence-corrected chi connectivity index (χ1v) is 11.5. The van der Waals surface area contributed by atoms with Gasteiger partial charge in [0.1, 0.15) is 5.69 Å². The number of aliphatic hydroxyl groups is 1. The molecule has 3 aromatic carbocycles. The van der Waals surface area contributed by atoms with Crippen molar-refractivity contribution in [2.75, 3.05) is 18.0 Å². The number of benzene rings is 3. The fourth-order valence-electron chi connectivity index (χ4n) is 4.65. The number of nitrogens with one attached hydrogen (secondary N) is 2. The minimum atomic E-state index is -0.752. The van der Waals surface area contributed by atoms with Crippen molar-refractivity contribution in [2.45, 2.75) is 18.4 Å². The summed E-state index contributed by atoms with van der Waals surface area (Å²) >= 11 is 3.54. The average Bonchev–Trinajstić information content (AvgIpc) is 3.43. The molecule has 5 aromatic rings. The van der Waals surface area contributed by atoms with Gasteiger partial charge in [0.25, 0.3) is 0 Å². The van der Waals surface area contributed by atoms with E-state index in [9.17, 15) is 5.11 Å². The lowest BCUT2D eigenvalue weighted by atomic mass is 9.84. The third-order valence-electron chi connectivity index (χ3n) is 6.48. The van der Waals surface area contributed by atoms with E-state index >= 15 is 0 Å². The van der Waals surface area contributed by atoms with Crippen molar-refractivity contribution in [3.8, 4) is 11.5 Å². The molecular formula is C25H22BrN5O. The standard InChI is InChI=1S/C25H22BrN5O/c26-17-6-8-20-19(14-17)23(30-29-20)24-27-21-9-7-18(15-22(21)28-24)31-12-10-25(32,11-13-31)16-4-2-1-3-5-16/h1-9,14-15,32H,10-13H2,(H,27,28)(H,29,30). The lowest BCUT2D eigenvalue weighted by Crippen LogP contribution is -2.42. The minimum Gasteiger partial charge on any atom is -0.385 e. The molecule has 6 rings (SSSR count). The molecule has 0 bridgehead atoms. The number of rotatable bonds is 3. The summed E-state index contributed by atoms with van der Waals surface area (Å²) in [6.07, 6.45) is 1.41. The quantitative estimate of drug-likeness (QED) is 0.320. The summed E-state index contributed by atoms with van der Waals surface area (Å²) in [5.41, 5.74) is 5.07. The van der Waals surface area contributed by atoms with E-state index in [0.717, 1.165) is 62.3 Å². The fraction of sp³-hybridized carbons (Fsp3) is 0.200. The number of piperidine rings is 1. The molecular weight excluding hydrogens is 466 g/mol. The highest BCUT2D eigenvalue weighted by Crippen LogP contribution is 2.35. The van der Waals surface area contributed by atoms with Crippen LogP contribution >= 0.6 is 15.9 Å². The molecule has 1 aliphatic rings. The van der Waals surface area contributed by atoms with Crippen LogP contribution in [-0.4, -0.2) is 38.4 Å². The number of imidazole rings is 1. The van der Waals surface area contributed by atoms with Gasteiger partial charge in [0.2, 0.25) is 0 Å². The molecule has 7 heteroatoms. The summed E-state index contributed by atoms with van der Waals surface area (Å²) in [7, 11) is 0. The normalized spacial score (nSPS) is 16.1. The molecule has 6 nitrogen and oxygen atoms in total. The molecule has 2 aromatic heterocycles. The Kier molecular flexibility index (Phi) is 4.55. The Morgan fingerprint density at radius 1 is 0.938 bits per heavy atom. The van der Waals surface area contributed by atoms with Gasteiger partial charge in [-0.3, -0.25) is 5.10 Å². The minimum absolute atomic E-state index is 0.706. The van der Waals surface area contributed by atoms with E-state index in [-0.39, 0.29) is 0 Å². The van der Waals surface area contributed by atoms with Crippen molar-refractivity contribution in [1.82, 2.24) is 20.2 Å². The van der Waals surface area contributed by atoms with Gasteiger partial charge in [-0.15, -0.1) is 0 Å². The van der Waals surface area contributed by atoms with Gasteiger partial charge in [-0.25, -0.2) is 4.98 Å². The smallest absolute Gasteiger partial charge is 0.159 e. The molecule has 0 aliphatic carbocycles. The molecule has 0 spiro atoms. The monoisotopic (exact) mass is 487 g/mol. The molecule has 160 valence electrons. The molecule has 1 aliphatic heterocycles. The summed E-state index contributed by atoms with van der Waals surface area (Å²) in [6.45, 7) is 1.60. The van der Waals surface area contributed by atoms with Gasteiger partial charge in [-0.2, -0.15) is 5.10 Å². The lowest BCUT2D eigenvalue weighted by Gasteiger charge is -2.39. The van der Waals surface area contributed by atoms with Crippen molar-refractivity contribution >= 4 is 43.6 Å². The van der Waals surface area contributed by atoms with E-state index in [1.165, 1.54) is 0 Å². The van der Waals surface area contributed by atoms with E-state index in [1.54, 1.807) is 0 Å². The van der Waals surface area contributed by atoms with E-state index in [2.05, 4.69) is 48.1 Å². The fourth-order valence-corrected chi connectivity index (χ4v) is 5.01. The van der Waals surface area contributed by atoms with E-state index in [0.29, 0.717) is 12.8 Å². The van der Waals surface area contributed by atoms with Crippen LogP contribution in [-0.2, 0) is 5.60 Å². The summed E-state index contributed by atoms with van der Waals surface area (Å²) in [5.74, 6) is 0.749. The number of anilines is 1. The zero-order chi connectivity index (χ0) is 21.7. The average molecular weight is 488 g/mol. The second-order valence-corrected chi connectivity index (χ2v) is 9.35. The van der Waals surface area contributed by atoms with Crippen LogP contribution in [0.3, 0.4) is 0 Å². The van der Waals surface area contributed by atoms with Crippen LogP contribution in [0.15, 0.2) is 71.2 Å². The largest absolute Gasteiger partial charge is 0.385 e. The second-order valence-electron chi connectivity index (χ2n) is 8.43. The Bertz CT molecular complexity index is 1420. The van der Waals surface area contributed by atoms with Gasteiger partial charge < -0.3 is 15.0 Å². The molecule has 3 heterocycles. The van der Waals surface area contributed by atoms with Crippen LogP contribution in [0.25, 0.3) is 33.5 Å². The third-order valence-corrected chi connectivity index (χ3v) is 6.97. The Hall–Kier alpha value is -3.16. The van der Waals surface area contributed by atoms with Gasteiger partial charge in [-0.1, -0.05) is 46.3 Å². The number of hydrogen-bond donors (Lipinski definition) is 3. The molecule has 3 N–H and O–H groups in total. The highest BCUT2D eigenvalue weighted by Gasteiger charge is 2.34. The molecule has 0 amide bonds. The molecule has 1 fully saturated rings. The highest BCUT2D eigenvalue weighted by molar-refractivity contribution is 9.10. The zero-order valence-electron chi connectivity index (χ0n) is 17.3. The number of hydrogen-bond acceptors (Lipinski definition) is 4. The van der Waals surface area contributed by atoms with Crippen LogP contribution in [0, 0.1) is 0 Å². The van der Waals surface area contributed by atoms with Crippen LogP contribution in [0.4, 0.5) is 5.69 Å². The van der Waals surface area contributed by atoms with Crippen LogP contribution in [0.5, 0.6) is 0 Å². The van der Waals surface area contributed by atoms with Gasteiger partial charge in [-0.05, 0) is 54.8 Å². The van der Waals surface area contributed by atoms with Gasteiger partial charge in [0, 0.05) is 28.6 Å². The molecule has 32 heavy (non-hydrogen) atoms. The first-order chi connectivity index (χ1) is 15.6. The molecule has 0 unspecified atom stereocenters. The van der Waals surface area contributed by atoms with Gasteiger partial charge in [0.15, 0.2) is 5.82 Å². The van der Waals surface area contributed by atoms with E-state index in [1.807, 2.05) is 54.6 Å². The Balaban J connectivity index is 1.28. The predicted molar refractivity (Wildman–Crippen MR) is 131 cm³/mol. The van der Waals surface area contributed by atoms with E-state index < -0.39 is 5.60 Å². The SMILES string of the molecule is OC1(c2ccccc2)CCN(c2ccc3nc(-c4n[nH]c5ccc(Br)cc45)[nH]c3c2)CC1. The summed E-state index contributed by atoms with van der Waals surface area (Å²) < 4.78 is 1.01. The van der Waals surface area contributed by atoms with Crippen LogP contribution < -0.4 is 4.90 Å². The number of H-pyrrole nitrogens is 2. The topological polar surface area (TPSA) is 80.8 Å². The lowest BCUT2D eigenvalue weighted by molar-refractivity contribution is 0.0118. The van der Waals surface area contributed by atoms with Crippen LogP contribution in [0.2, 0.25) is 0 Å². The maximum Gasteiger partial charge on any atom is 0.159 e. The number of halogens is 1. The number of aromatic amines is 2. The summed E-state index contributed by atoms with van der Waals surface area (Å²) in [4.78, 5) is 10.6.